The summed E-state index contributed by atoms with van der Waals surface area (Å²) in [5, 5.41) is 10.9. The SMILES string of the molecule is C[C@]12COC(=O)C[C@@H]1CC[C@H]1[C@@H]2CC[C@]2(C)[C@H]1CC[C@@]2(C)O. The Labute approximate surface area is 133 Å². The Hall–Kier alpha value is -0.570. The number of carbonyl (C=O) groups is 1. The molecule has 3 heteroatoms. The van der Waals surface area contributed by atoms with Crippen LogP contribution in [0.4, 0.5) is 0 Å². The highest BCUT2D eigenvalue weighted by Gasteiger charge is 2.63. The number of esters is 1. The quantitative estimate of drug-likeness (QED) is 0.696. The maximum Gasteiger partial charge on any atom is 0.306 e. The molecule has 4 fully saturated rings. The van der Waals surface area contributed by atoms with E-state index >= 15 is 0 Å². The Morgan fingerprint density at radius 3 is 2.55 bits per heavy atom. The van der Waals surface area contributed by atoms with E-state index in [0.29, 0.717) is 36.7 Å². The predicted molar refractivity (Wildman–Crippen MR) is 84.1 cm³/mol. The van der Waals surface area contributed by atoms with Gasteiger partial charge in [-0.15, -0.1) is 0 Å². The zero-order chi connectivity index (χ0) is 15.8. The lowest BCUT2D eigenvalue weighted by molar-refractivity contribution is -0.186. The van der Waals surface area contributed by atoms with E-state index in [0.717, 1.165) is 12.8 Å². The molecule has 4 rings (SSSR count). The van der Waals surface area contributed by atoms with Crippen LogP contribution >= 0.6 is 0 Å². The smallest absolute Gasteiger partial charge is 0.306 e. The molecule has 3 aliphatic carbocycles. The summed E-state index contributed by atoms with van der Waals surface area (Å²) in [5.74, 6) is 2.56. The van der Waals surface area contributed by atoms with Crippen LogP contribution in [0, 0.1) is 34.5 Å². The number of fused-ring (bicyclic) bond motifs is 5. The fraction of sp³-hybridized carbons (Fsp3) is 0.947. The maximum absolute atomic E-state index is 11.7. The lowest BCUT2D eigenvalue weighted by atomic mass is 9.46. The average Bonchev–Trinajstić information content (AvgIpc) is 2.70. The molecule has 0 aromatic heterocycles. The van der Waals surface area contributed by atoms with Gasteiger partial charge in [0.15, 0.2) is 0 Å². The van der Waals surface area contributed by atoms with Gasteiger partial charge in [-0.25, -0.2) is 0 Å². The first-order chi connectivity index (χ1) is 10.3. The Morgan fingerprint density at radius 2 is 1.77 bits per heavy atom. The summed E-state index contributed by atoms with van der Waals surface area (Å²) < 4.78 is 5.49. The van der Waals surface area contributed by atoms with E-state index in [1.807, 2.05) is 0 Å². The Kier molecular flexibility index (Phi) is 3.06. The van der Waals surface area contributed by atoms with Gasteiger partial charge in [-0.2, -0.15) is 0 Å². The molecule has 3 nitrogen and oxygen atoms in total. The maximum atomic E-state index is 11.7. The minimum absolute atomic E-state index is 0.00497. The van der Waals surface area contributed by atoms with Gasteiger partial charge in [0.2, 0.25) is 0 Å². The summed E-state index contributed by atoms with van der Waals surface area (Å²) in [5.41, 5.74) is -0.241. The highest BCUT2D eigenvalue weighted by Crippen LogP contribution is 2.67. The lowest BCUT2D eigenvalue weighted by Crippen LogP contribution is -2.57. The fourth-order valence-corrected chi connectivity index (χ4v) is 6.83. The summed E-state index contributed by atoms with van der Waals surface area (Å²) in [6.45, 7) is 7.38. The third kappa shape index (κ3) is 1.75. The van der Waals surface area contributed by atoms with Crippen LogP contribution in [0.3, 0.4) is 0 Å². The highest BCUT2D eigenvalue weighted by molar-refractivity contribution is 5.70. The molecule has 0 aromatic carbocycles. The third-order valence-electron chi connectivity index (χ3n) is 8.58. The topological polar surface area (TPSA) is 46.5 Å². The predicted octanol–water partition coefficient (Wildman–Crippen LogP) is 3.54. The lowest BCUT2D eigenvalue weighted by Gasteiger charge is -2.60. The standard InChI is InChI=1S/C19H30O3/c1-17-11-22-16(20)10-12(17)4-5-13-14(17)6-8-18(2)15(13)7-9-19(18,3)21/h12-15,21H,4-11H2,1-3H3/t12-,13-,14-,15-,17-,18+,19+/m0/s1. The van der Waals surface area contributed by atoms with E-state index in [9.17, 15) is 9.90 Å². The number of cyclic esters (lactones) is 1. The van der Waals surface area contributed by atoms with Gasteiger partial charge in [0, 0.05) is 11.8 Å². The van der Waals surface area contributed by atoms with Gasteiger partial charge in [-0.05, 0) is 74.5 Å². The number of aliphatic hydroxyl groups is 1. The van der Waals surface area contributed by atoms with Crippen molar-refractivity contribution >= 4 is 5.97 Å². The molecular weight excluding hydrogens is 276 g/mol. The molecule has 0 aromatic rings. The molecule has 1 N–H and O–H groups in total. The molecule has 1 heterocycles. The molecule has 124 valence electrons. The van der Waals surface area contributed by atoms with Gasteiger partial charge in [-0.1, -0.05) is 13.8 Å². The second-order valence-corrected chi connectivity index (χ2v) is 9.29. The van der Waals surface area contributed by atoms with Crippen LogP contribution in [-0.2, 0) is 9.53 Å². The van der Waals surface area contributed by atoms with Crippen molar-refractivity contribution in [3.63, 3.8) is 0 Å². The molecule has 0 amide bonds. The number of hydrogen-bond acceptors (Lipinski definition) is 3. The monoisotopic (exact) mass is 306 g/mol. The molecule has 0 unspecified atom stereocenters. The second kappa shape index (κ2) is 4.49. The number of rotatable bonds is 0. The van der Waals surface area contributed by atoms with Crippen LogP contribution in [0.5, 0.6) is 0 Å². The summed E-state index contributed by atoms with van der Waals surface area (Å²) in [6, 6.07) is 0. The Balaban J connectivity index is 1.65. The Morgan fingerprint density at radius 1 is 1.05 bits per heavy atom. The van der Waals surface area contributed by atoms with Crippen LogP contribution in [-0.4, -0.2) is 23.3 Å². The highest BCUT2D eigenvalue weighted by atomic mass is 16.5. The van der Waals surface area contributed by atoms with Crippen LogP contribution in [0.1, 0.15) is 65.7 Å². The van der Waals surface area contributed by atoms with Gasteiger partial charge in [0.1, 0.15) is 0 Å². The summed E-state index contributed by atoms with van der Waals surface area (Å²) >= 11 is 0. The first-order valence-electron chi connectivity index (χ1n) is 9.16. The van der Waals surface area contributed by atoms with Crippen LogP contribution in [0.25, 0.3) is 0 Å². The average molecular weight is 306 g/mol. The molecule has 1 saturated heterocycles. The summed E-state index contributed by atoms with van der Waals surface area (Å²) in [6.07, 6.45) is 7.48. The molecular formula is C19H30O3. The van der Waals surface area contributed by atoms with Crippen LogP contribution < -0.4 is 0 Å². The van der Waals surface area contributed by atoms with E-state index < -0.39 is 5.60 Å². The van der Waals surface area contributed by atoms with Crippen LogP contribution in [0.2, 0.25) is 0 Å². The van der Waals surface area contributed by atoms with Crippen molar-refractivity contribution in [2.75, 3.05) is 6.61 Å². The van der Waals surface area contributed by atoms with Crippen molar-refractivity contribution in [2.24, 2.45) is 34.5 Å². The molecule has 1 aliphatic heterocycles. The molecule has 0 spiro atoms. The van der Waals surface area contributed by atoms with E-state index in [1.165, 1.54) is 25.7 Å². The fourth-order valence-electron chi connectivity index (χ4n) is 6.83. The number of hydrogen-bond donors (Lipinski definition) is 1. The van der Waals surface area contributed by atoms with Crippen molar-refractivity contribution in [2.45, 2.75) is 71.3 Å². The van der Waals surface area contributed by atoms with E-state index in [4.69, 9.17) is 4.74 Å². The van der Waals surface area contributed by atoms with Crippen LogP contribution in [0.15, 0.2) is 0 Å². The van der Waals surface area contributed by atoms with Gasteiger partial charge in [-0.3, -0.25) is 4.79 Å². The zero-order valence-corrected chi connectivity index (χ0v) is 14.2. The summed E-state index contributed by atoms with van der Waals surface area (Å²) in [7, 11) is 0. The van der Waals surface area contributed by atoms with Crippen molar-refractivity contribution < 1.29 is 14.6 Å². The van der Waals surface area contributed by atoms with E-state index in [-0.39, 0.29) is 16.8 Å². The molecule has 0 radical (unpaired) electrons. The number of ether oxygens (including phenoxy) is 1. The Bertz CT molecular complexity index is 499. The van der Waals surface area contributed by atoms with Crippen molar-refractivity contribution in [3.05, 3.63) is 0 Å². The van der Waals surface area contributed by atoms with Crippen molar-refractivity contribution in [1.82, 2.24) is 0 Å². The first kappa shape index (κ1) is 15.0. The number of carbonyl (C=O) groups excluding carboxylic acids is 1. The van der Waals surface area contributed by atoms with Gasteiger partial charge >= 0.3 is 5.97 Å². The molecule has 3 saturated carbocycles. The molecule has 0 bridgehead atoms. The van der Waals surface area contributed by atoms with Gasteiger partial charge in [0.25, 0.3) is 0 Å². The molecule has 7 atom stereocenters. The third-order valence-corrected chi connectivity index (χ3v) is 8.58. The summed E-state index contributed by atoms with van der Waals surface area (Å²) in [4.78, 5) is 11.7. The van der Waals surface area contributed by atoms with Crippen molar-refractivity contribution in [3.8, 4) is 0 Å². The minimum atomic E-state index is -0.501. The zero-order valence-electron chi connectivity index (χ0n) is 14.2. The van der Waals surface area contributed by atoms with E-state index in [1.54, 1.807) is 0 Å². The largest absolute Gasteiger partial charge is 0.465 e. The van der Waals surface area contributed by atoms with Crippen molar-refractivity contribution in [1.29, 1.82) is 0 Å². The minimum Gasteiger partial charge on any atom is -0.465 e. The first-order valence-corrected chi connectivity index (χ1v) is 9.16. The molecule has 4 aliphatic rings. The molecule has 22 heavy (non-hydrogen) atoms. The van der Waals surface area contributed by atoms with E-state index in [2.05, 4.69) is 20.8 Å². The normalized spacial score (nSPS) is 57.5. The van der Waals surface area contributed by atoms with Gasteiger partial charge in [0.05, 0.1) is 12.2 Å². The van der Waals surface area contributed by atoms with Gasteiger partial charge < -0.3 is 9.84 Å². The second-order valence-electron chi connectivity index (χ2n) is 9.29.